The zero-order valence-corrected chi connectivity index (χ0v) is 18.2. The molecule has 1 amide bonds. The van der Waals surface area contributed by atoms with Crippen LogP contribution in [0, 0.1) is 0 Å². The molecule has 0 aliphatic carbocycles. The fraction of sp³-hybridized carbons (Fsp3) is 0.240. The number of carbonyl (C=O) groups excluding carboxylic acids is 1. The van der Waals surface area contributed by atoms with E-state index >= 15 is 0 Å². The average Bonchev–Trinajstić information content (AvgIpc) is 2.80. The van der Waals surface area contributed by atoms with Crippen molar-refractivity contribution in [3.8, 4) is 11.5 Å². The maximum absolute atomic E-state index is 12.4. The molecule has 0 saturated heterocycles. The highest BCUT2D eigenvalue weighted by atomic mass is 32.2. The van der Waals surface area contributed by atoms with Crippen molar-refractivity contribution in [1.29, 1.82) is 0 Å². The second-order valence-electron chi connectivity index (χ2n) is 6.87. The lowest BCUT2D eigenvalue weighted by Crippen LogP contribution is -2.25. The summed E-state index contributed by atoms with van der Waals surface area (Å²) in [6, 6.07) is 24.1. The number of benzene rings is 3. The van der Waals surface area contributed by atoms with E-state index < -0.39 is 0 Å². The van der Waals surface area contributed by atoms with Gasteiger partial charge in [-0.1, -0.05) is 48.5 Å². The van der Waals surface area contributed by atoms with Gasteiger partial charge in [-0.2, -0.15) is 11.8 Å². The van der Waals surface area contributed by atoms with Crippen molar-refractivity contribution in [1.82, 2.24) is 5.32 Å². The maximum atomic E-state index is 12.4. The van der Waals surface area contributed by atoms with E-state index in [1.807, 2.05) is 60.3 Å². The van der Waals surface area contributed by atoms with Crippen molar-refractivity contribution >= 4 is 17.7 Å². The van der Waals surface area contributed by atoms with Crippen LogP contribution in [0.1, 0.15) is 27.0 Å². The molecular formula is C25H27NO3S. The van der Waals surface area contributed by atoms with Gasteiger partial charge in [-0.15, -0.1) is 0 Å². The standard InChI is InChI=1S/C25H27NO3S/c1-28-23-13-10-19(16-24(23)29-2)14-15-26-25(27)22-11-8-21(9-12-22)18-30-17-20-6-4-3-5-7-20/h3-13,16H,14-15,17-18H2,1-2H3,(H,26,27). The van der Waals surface area contributed by atoms with Gasteiger partial charge in [0.25, 0.3) is 5.91 Å². The molecule has 0 atom stereocenters. The van der Waals surface area contributed by atoms with Crippen LogP contribution in [0.15, 0.2) is 72.8 Å². The zero-order valence-electron chi connectivity index (χ0n) is 17.4. The maximum Gasteiger partial charge on any atom is 0.251 e. The molecule has 3 rings (SSSR count). The number of ether oxygens (including phenoxy) is 2. The van der Waals surface area contributed by atoms with E-state index in [2.05, 4.69) is 29.6 Å². The summed E-state index contributed by atoms with van der Waals surface area (Å²) < 4.78 is 10.6. The highest BCUT2D eigenvalue weighted by molar-refractivity contribution is 7.97. The molecule has 0 bridgehead atoms. The molecule has 0 radical (unpaired) electrons. The van der Waals surface area contributed by atoms with E-state index in [-0.39, 0.29) is 5.91 Å². The Morgan fingerprint density at radius 2 is 1.43 bits per heavy atom. The van der Waals surface area contributed by atoms with Crippen LogP contribution >= 0.6 is 11.8 Å². The van der Waals surface area contributed by atoms with Gasteiger partial charge in [0, 0.05) is 23.6 Å². The van der Waals surface area contributed by atoms with Crippen molar-refractivity contribution in [2.24, 2.45) is 0 Å². The van der Waals surface area contributed by atoms with Crippen LogP contribution in [0.5, 0.6) is 11.5 Å². The van der Waals surface area contributed by atoms with Crippen LogP contribution < -0.4 is 14.8 Å². The first kappa shape index (κ1) is 21.8. The third-order valence-corrected chi connectivity index (χ3v) is 5.82. The molecular weight excluding hydrogens is 394 g/mol. The molecule has 0 saturated carbocycles. The Labute approximate surface area is 182 Å². The van der Waals surface area contributed by atoms with Crippen LogP contribution in [0.4, 0.5) is 0 Å². The lowest BCUT2D eigenvalue weighted by Gasteiger charge is -2.10. The third kappa shape index (κ3) is 6.29. The predicted octanol–water partition coefficient (Wildman–Crippen LogP) is 5.11. The molecule has 3 aromatic carbocycles. The van der Waals surface area contributed by atoms with Gasteiger partial charge in [-0.05, 0) is 47.4 Å². The summed E-state index contributed by atoms with van der Waals surface area (Å²) in [6.45, 7) is 0.559. The molecule has 30 heavy (non-hydrogen) atoms. The van der Waals surface area contributed by atoms with Gasteiger partial charge in [0.05, 0.1) is 14.2 Å². The van der Waals surface area contributed by atoms with Crippen molar-refractivity contribution in [2.45, 2.75) is 17.9 Å². The lowest BCUT2D eigenvalue weighted by atomic mass is 10.1. The number of methoxy groups -OCH3 is 2. The summed E-state index contributed by atoms with van der Waals surface area (Å²) in [5.74, 6) is 3.25. The first-order valence-electron chi connectivity index (χ1n) is 9.89. The Morgan fingerprint density at radius 3 is 2.10 bits per heavy atom. The van der Waals surface area contributed by atoms with Gasteiger partial charge < -0.3 is 14.8 Å². The summed E-state index contributed by atoms with van der Waals surface area (Å²) in [5, 5.41) is 2.98. The normalized spacial score (nSPS) is 10.5. The summed E-state index contributed by atoms with van der Waals surface area (Å²) in [6.07, 6.45) is 0.723. The largest absolute Gasteiger partial charge is 0.493 e. The Bertz CT molecular complexity index is 942. The minimum absolute atomic E-state index is 0.0565. The number of hydrogen-bond acceptors (Lipinski definition) is 4. The lowest BCUT2D eigenvalue weighted by molar-refractivity contribution is 0.0954. The molecule has 0 aromatic heterocycles. The molecule has 0 aliphatic rings. The number of nitrogens with one attached hydrogen (secondary N) is 1. The number of thioether (sulfide) groups is 1. The number of carbonyl (C=O) groups is 1. The van der Waals surface area contributed by atoms with Crippen molar-refractivity contribution < 1.29 is 14.3 Å². The summed E-state index contributed by atoms with van der Waals surface area (Å²) >= 11 is 1.87. The Morgan fingerprint density at radius 1 is 0.800 bits per heavy atom. The zero-order chi connectivity index (χ0) is 21.2. The molecule has 3 aromatic rings. The van der Waals surface area contributed by atoms with E-state index in [0.29, 0.717) is 23.6 Å². The fourth-order valence-electron chi connectivity index (χ4n) is 3.07. The second kappa shape index (κ2) is 11.3. The Kier molecular flexibility index (Phi) is 8.21. The third-order valence-electron chi connectivity index (χ3n) is 4.74. The molecule has 156 valence electrons. The van der Waals surface area contributed by atoms with Crippen molar-refractivity contribution in [2.75, 3.05) is 20.8 Å². The monoisotopic (exact) mass is 421 g/mol. The van der Waals surface area contributed by atoms with Crippen LogP contribution in [-0.2, 0) is 17.9 Å². The van der Waals surface area contributed by atoms with Crippen molar-refractivity contribution in [3.05, 3.63) is 95.1 Å². The van der Waals surface area contributed by atoms with E-state index in [1.54, 1.807) is 14.2 Å². The highest BCUT2D eigenvalue weighted by Gasteiger charge is 2.07. The van der Waals surface area contributed by atoms with Crippen LogP contribution in [-0.4, -0.2) is 26.7 Å². The topological polar surface area (TPSA) is 47.6 Å². The first-order valence-corrected chi connectivity index (χ1v) is 11.0. The van der Waals surface area contributed by atoms with Crippen LogP contribution in [0.2, 0.25) is 0 Å². The smallest absolute Gasteiger partial charge is 0.251 e. The van der Waals surface area contributed by atoms with E-state index in [4.69, 9.17) is 9.47 Å². The summed E-state index contributed by atoms with van der Waals surface area (Å²) in [4.78, 5) is 12.4. The minimum Gasteiger partial charge on any atom is -0.493 e. The summed E-state index contributed by atoms with van der Waals surface area (Å²) in [7, 11) is 3.23. The molecule has 0 heterocycles. The van der Waals surface area contributed by atoms with Crippen LogP contribution in [0.3, 0.4) is 0 Å². The van der Waals surface area contributed by atoms with Gasteiger partial charge in [0.15, 0.2) is 11.5 Å². The van der Waals surface area contributed by atoms with E-state index in [1.165, 1.54) is 11.1 Å². The fourth-order valence-corrected chi connectivity index (χ4v) is 4.03. The molecule has 0 fully saturated rings. The van der Waals surface area contributed by atoms with Gasteiger partial charge in [0.2, 0.25) is 0 Å². The SMILES string of the molecule is COc1ccc(CCNC(=O)c2ccc(CSCc3ccccc3)cc2)cc1OC. The quantitative estimate of drug-likeness (QED) is 0.494. The molecule has 0 aliphatic heterocycles. The van der Waals surface area contributed by atoms with Gasteiger partial charge in [-0.25, -0.2) is 0 Å². The molecule has 0 unspecified atom stereocenters. The number of hydrogen-bond donors (Lipinski definition) is 1. The second-order valence-corrected chi connectivity index (χ2v) is 7.86. The average molecular weight is 422 g/mol. The summed E-state index contributed by atoms with van der Waals surface area (Å²) in [5.41, 5.74) is 4.31. The molecule has 4 nitrogen and oxygen atoms in total. The van der Waals surface area contributed by atoms with E-state index in [9.17, 15) is 4.79 Å². The Hall–Kier alpha value is -2.92. The Balaban J connectivity index is 1.44. The van der Waals surface area contributed by atoms with Crippen molar-refractivity contribution in [3.63, 3.8) is 0 Å². The minimum atomic E-state index is -0.0565. The number of rotatable bonds is 10. The number of amides is 1. The van der Waals surface area contributed by atoms with Gasteiger partial charge in [-0.3, -0.25) is 4.79 Å². The van der Waals surface area contributed by atoms with E-state index in [0.717, 1.165) is 23.5 Å². The molecule has 1 N–H and O–H groups in total. The van der Waals surface area contributed by atoms with Gasteiger partial charge >= 0.3 is 0 Å². The predicted molar refractivity (Wildman–Crippen MR) is 123 cm³/mol. The molecule has 0 spiro atoms. The molecule has 5 heteroatoms. The first-order chi connectivity index (χ1) is 14.7. The van der Waals surface area contributed by atoms with Crippen LogP contribution in [0.25, 0.3) is 0 Å². The van der Waals surface area contributed by atoms with Gasteiger partial charge in [0.1, 0.15) is 0 Å². The highest BCUT2D eigenvalue weighted by Crippen LogP contribution is 2.27.